The van der Waals surface area contributed by atoms with Gasteiger partial charge < -0.3 is 4.74 Å². The summed E-state index contributed by atoms with van der Waals surface area (Å²) in [6, 6.07) is 9.57. The van der Waals surface area contributed by atoms with Gasteiger partial charge in [0.05, 0.1) is 28.2 Å². The third-order valence-corrected chi connectivity index (χ3v) is 4.92. The van der Waals surface area contributed by atoms with Crippen LogP contribution >= 0.6 is 23.2 Å². The van der Waals surface area contributed by atoms with Gasteiger partial charge in [0.25, 0.3) is 15.9 Å². The average molecular weight is 403 g/mol. The predicted octanol–water partition coefficient (Wildman–Crippen LogP) is 2.40. The van der Waals surface area contributed by atoms with Gasteiger partial charge in [-0.3, -0.25) is 10.2 Å². The highest BCUT2D eigenvalue weighted by Gasteiger charge is 2.23. The maximum atomic E-state index is 12.4. The molecule has 0 spiro atoms. The third kappa shape index (κ3) is 4.49. The van der Waals surface area contributed by atoms with E-state index in [0.717, 1.165) is 7.11 Å². The number of rotatable bonds is 5. The molecule has 2 aromatic carbocycles. The molecule has 7 nitrogen and oxygen atoms in total. The number of methoxy groups -OCH3 is 1. The standard InChI is InChI=1S/C15H12Cl2N2O5S/c1-24-15(21)10-4-2-3-5-13(10)25(22,23)19-18-14(20)11-8-9(16)6-7-12(11)17/h2-8,19H,1H3,(H,18,20). The number of ether oxygens (including phenoxy) is 1. The molecule has 0 aromatic heterocycles. The van der Waals surface area contributed by atoms with Crippen LogP contribution in [0.15, 0.2) is 47.4 Å². The van der Waals surface area contributed by atoms with E-state index >= 15 is 0 Å². The number of hydrazine groups is 1. The van der Waals surface area contributed by atoms with Crippen molar-refractivity contribution in [2.75, 3.05) is 7.11 Å². The minimum atomic E-state index is -4.23. The summed E-state index contributed by atoms with van der Waals surface area (Å²) in [6.07, 6.45) is 0. The molecule has 2 rings (SSSR count). The van der Waals surface area contributed by atoms with Gasteiger partial charge in [-0.25, -0.2) is 13.2 Å². The minimum Gasteiger partial charge on any atom is -0.465 e. The third-order valence-electron chi connectivity index (χ3n) is 3.05. The second-order valence-electron chi connectivity index (χ2n) is 4.67. The van der Waals surface area contributed by atoms with E-state index in [1.807, 2.05) is 10.3 Å². The van der Waals surface area contributed by atoms with Gasteiger partial charge in [0.15, 0.2) is 0 Å². The lowest BCUT2D eigenvalue weighted by Gasteiger charge is -2.11. The first-order chi connectivity index (χ1) is 11.8. The Labute approximate surface area is 153 Å². The fourth-order valence-corrected chi connectivity index (χ4v) is 3.30. The zero-order valence-corrected chi connectivity index (χ0v) is 15.1. The summed E-state index contributed by atoms with van der Waals surface area (Å²) < 4.78 is 29.3. The Kier molecular flexibility index (Phi) is 6.02. The molecule has 0 aliphatic rings. The van der Waals surface area contributed by atoms with Gasteiger partial charge in [-0.15, -0.1) is 4.83 Å². The summed E-state index contributed by atoms with van der Waals surface area (Å²) in [5.41, 5.74) is 1.83. The molecule has 0 aliphatic heterocycles. The number of amides is 1. The van der Waals surface area contributed by atoms with E-state index in [4.69, 9.17) is 23.2 Å². The molecule has 25 heavy (non-hydrogen) atoms. The largest absolute Gasteiger partial charge is 0.465 e. The van der Waals surface area contributed by atoms with E-state index < -0.39 is 21.9 Å². The zero-order chi connectivity index (χ0) is 18.6. The lowest BCUT2D eigenvalue weighted by Crippen LogP contribution is -2.42. The molecule has 2 N–H and O–H groups in total. The maximum Gasteiger partial charge on any atom is 0.339 e. The predicted molar refractivity (Wildman–Crippen MR) is 92.0 cm³/mol. The highest BCUT2D eigenvalue weighted by molar-refractivity contribution is 7.89. The summed E-state index contributed by atoms with van der Waals surface area (Å²) in [5.74, 6) is -1.64. The maximum absolute atomic E-state index is 12.4. The minimum absolute atomic E-state index is 0.0156. The monoisotopic (exact) mass is 402 g/mol. The first-order valence-electron chi connectivity index (χ1n) is 6.71. The van der Waals surface area contributed by atoms with E-state index in [2.05, 4.69) is 4.74 Å². The molecule has 0 heterocycles. The summed E-state index contributed by atoms with van der Waals surface area (Å²) in [7, 11) is -3.10. The van der Waals surface area contributed by atoms with E-state index in [1.165, 1.54) is 42.5 Å². The van der Waals surface area contributed by atoms with Crippen molar-refractivity contribution in [2.45, 2.75) is 4.90 Å². The van der Waals surface area contributed by atoms with Crippen LogP contribution < -0.4 is 10.3 Å². The van der Waals surface area contributed by atoms with Gasteiger partial charge in [0, 0.05) is 5.02 Å². The summed E-state index contributed by atoms with van der Waals surface area (Å²) in [5, 5.41) is 0.351. The van der Waals surface area contributed by atoms with E-state index in [-0.39, 0.29) is 26.1 Å². The number of halogens is 2. The van der Waals surface area contributed by atoms with Crippen molar-refractivity contribution in [3.05, 3.63) is 63.6 Å². The van der Waals surface area contributed by atoms with Crippen LogP contribution in [0.1, 0.15) is 20.7 Å². The van der Waals surface area contributed by atoms with Gasteiger partial charge in [0.2, 0.25) is 0 Å². The van der Waals surface area contributed by atoms with Crippen LogP contribution in [-0.4, -0.2) is 27.4 Å². The first-order valence-corrected chi connectivity index (χ1v) is 8.94. The van der Waals surface area contributed by atoms with Gasteiger partial charge in [-0.05, 0) is 30.3 Å². The van der Waals surface area contributed by atoms with Gasteiger partial charge in [-0.1, -0.05) is 35.3 Å². The average Bonchev–Trinajstić information content (AvgIpc) is 2.61. The molecule has 0 bridgehead atoms. The molecule has 2 aromatic rings. The van der Waals surface area contributed by atoms with Crippen LogP contribution in [0.5, 0.6) is 0 Å². The Morgan fingerprint density at radius 3 is 2.40 bits per heavy atom. The number of sulfonamides is 1. The highest BCUT2D eigenvalue weighted by Crippen LogP contribution is 2.20. The number of carbonyl (C=O) groups excluding carboxylic acids is 2. The number of hydrogen-bond acceptors (Lipinski definition) is 5. The molecule has 10 heteroatoms. The summed E-state index contributed by atoms with van der Waals surface area (Å²) >= 11 is 11.7. The molecule has 0 saturated carbocycles. The van der Waals surface area contributed by atoms with Crippen LogP contribution in [0, 0.1) is 0 Å². The lowest BCUT2D eigenvalue weighted by molar-refractivity contribution is 0.0596. The smallest absolute Gasteiger partial charge is 0.339 e. The van der Waals surface area contributed by atoms with Crippen molar-refractivity contribution in [3.8, 4) is 0 Å². The Bertz CT molecular complexity index is 931. The molecule has 0 unspecified atom stereocenters. The summed E-state index contributed by atoms with van der Waals surface area (Å²) in [4.78, 5) is 25.3. The number of hydrogen-bond donors (Lipinski definition) is 2. The number of benzene rings is 2. The molecule has 1 amide bonds. The van der Waals surface area contributed by atoms with Gasteiger partial charge >= 0.3 is 5.97 Å². The Morgan fingerprint density at radius 2 is 1.72 bits per heavy atom. The van der Waals surface area contributed by atoms with Crippen molar-refractivity contribution in [2.24, 2.45) is 0 Å². The normalized spacial score (nSPS) is 11.0. The van der Waals surface area contributed by atoms with Crippen LogP contribution in [-0.2, 0) is 14.8 Å². The molecule has 0 radical (unpaired) electrons. The molecular formula is C15H12Cl2N2O5S. The zero-order valence-electron chi connectivity index (χ0n) is 12.7. The molecular weight excluding hydrogens is 391 g/mol. The number of nitrogens with one attached hydrogen (secondary N) is 2. The highest BCUT2D eigenvalue weighted by atomic mass is 35.5. The molecule has 0 aliphatic carbocycles. The van der Waals surface area contributed by atoms with Crippen LogP contribution in [0.2, 0.25) is 10.0 Å². The van der Waals surface area contributed by atoms with Crippen molar-refractivity contribution < 1.29 is 22.7 Å². The Hall–Kier alpha value is -2.13. The van der Waals surface area contributed by atoms with Crippen molar-refractivity contribution in [1.29, 1.82) is 0 Å². The van der Waals surface area contributed by atoms with Crippen molar-refractivity contribution in [3.63, 3.8) is 0 Å². The Morgan fingerprint density at radius 1 is 1.04 bits per heavy atom. The topological polar surface area (TPSA) is 102 Å². The van der Waals surface area contributed by atoms with E-state index in [9.17, 15) is 18.0 Å². The van der Waals surface area contributed by atoms with Crippen LogP contribution in [0.3, 0.4) is 0 Å². The lowest BCUT2D eigenvalue weighted by atomic mass is 10.2. The van der Waals surface area contributed by atoms with Crippen LogP contribution in [0.4, 0.5) is 0 Å². The van der Waals surface area contributed by atoms with Gasteiger partial charge in [0.1, 0.15) is 0 Å². The van der Waals surface area contributed by atoms with Crippen LogP contribution in [0.25, 0.3) is 0 Å². The Balaban J connectivity index is 2.24. The second-order valence-corrected chi connectivity index (χ2v) is 7.17. The number of carbonyl (C=O) groups is 2. The molecule has 0 saturated heterocycles. The summed E-state index contributed by atoms with van der Waals surface area (Å²) in [6.45, 7) is 0. The molecule has 0 atom stereocenters. The fraction of sp³-hybridized carbons (Fsp3) is 0.0667. The molecule has 0 fully saturated rings. The quantitative estimate of drug-likeness (QED) is 0.590. The van der Waals surface area contributed by atoms with Crippen molar-refractivity contribution in [1.82, 2.24) is 10.3 Å². The van der Waals surface area contributed by atoms with Crippen molar-refractivity contribution >= 4 is 45.1 Å². The first kappa shape index (κ1) is 19.2. The molecule has 132 valence electrons. The van der Waals surface area contributed by atoms with E-state index in [1.54, 1.807) is 0 Å². The fourth-order valence-electron chi connectivity index (χ4n) is 1.89. The SMILES string of the molecule is COC(=O)c1ccccc1S(=O)(=O)NNC(=O)c1cc(Cl)ccc1Cl. The van der Waals surface area contributed by atoms with Gasteiger partial charge in [-0.2, -0.15) is 0 Å². The second kappa shape index (κ2) is 7.83. The van der Waals surface area contributed by atoms with E-state index in [0.29, 0.717) is 0 Å². The number of esters is 1.